The molecule has 0 aliphatic carbocycles. The van der Waals surface area contributed by atoms with Gasteiger partial charge in [-0.15, -0.1) is 0 Å². The SMILES string of the molecule is CC(C)[C@@H](C[N+](=O)[O-])NC(=O)OC(C)(C)C. The van der Waals surface area contributed by atoms with E-state index in [2.05, 4.69) is 5.32 Å². The molecule has 0 spiro atoms. The number of hydrogen-bond donors (Lipinski definition) is 1. The van der Waals surface area contributed by atoms with E-state index in [1.165, 1.54) is 0 Å². The Hall–Kier alpha value is -1.33. The van der Waals surface area contributed by atoms with Crippen LogP contribution in [0.3, 0.4) is 0 Å². The van der Waals surface area contributed by atoms with Crippen molar-refractivity contribution in [3.05, 3.63) is 10.1 Å². The minimum atomic E-state index is -0.618. The Bertz CT molecular complexity index is 258. The highest BCUT2D eigenvalue weighted by atomic mass is 16.6. The van der Waals surface area contributed by atoms with Crippen LogP contribution in [-0.4, -0.2) is 29.2 Å². The average molecular weight is 232 g/mol. The van der Waals surface area contributed by atoms with Gasteiger partial charge in [0.2, 0.25) is 6.54 Å². The molecule has 0 heterocycles. The van der Waals surface area contributed by atoms with Crippen LogP contribution in [0.4, 0.5) is 4.79 Å². The van der Waals surface area contributed by atoms with E-state index in [-0.39, 0.29) is 12.5 Å². The predicted molar refractivity (Wildman–Crippen MR) is 59.9 cm³/mol. The number of rotatable bonds is 4. The van der Waals surface area contributed by atoms with Crippen molar-refractivity contribution < 1.29 is 14.5 Å². The molecule has 0 aromatic carbocycles. The van der Waals surface area contributed by atoms with Crippen LogP contribution < -0.4 is 5.32 Å². The van der Waals surface area contributed by atoms with Crippen molar-refractivity contribution >= 4 is 6.09 Å². The molecule has 1 amide bonds. The fraction of sp³-hybridized carbons (Fsp3) is 0.900. The lowest BCUT2D eigenvalue weighted by atomic mass is 10.1. The Balaban J connectivity index is 4.30. The Kier molecular flexibility index (Phi) is 5.20. The molecule has 0 fully saturated rings. The molecule has 16 heavy (non-hydrogen) atoms. The molecular weight excluding hydrogens is 212 g/mol. The zero-order valence-electron chi connectivity index (χ0n) is 10.4. The summed E-state index contributed by atoms with van der Waals surface area (Å²) in [6, 6.07) is -0.509. The standard InChI is InChI=1S/C10H20N2O4/c1-7(2)8(6-12(14)15)11-9(13)16-10(3,4)5/h7-8H,6H2,1-5H3,(H,11,13)/t8-/m1/s1. The monoisotopic (exact) mass is 232 g/mol. The number of ether oxygens (including phenoxy) is 1. The van der Waals surface area contributed by atoms with E-state index >= 15 is 0 Å². The molecule has 0 unspecified atom stereocenters. The summed E-state index contributed by atoms with van der Waals surface area (Å²) >= 11 is 0. The van der Waals surface area contributed by atoms with Gasteiger partial charge in [0, 0.05) is 4.92 Å². The number of hydrogen-bond acceptors (Lipinski definition) is 4. The van der Waals surface area contributed by atoms with Gasteiger partial charge in [-0.2, -0.15) is 0 Å². The number of alkyl carbamates (subject to hydrolysis) is 1. The van der Waals surface area contributed by atoms with Crippen molar-refractivity contribution in [1.29, 1.82) is 0 Å². The molecule has 0 bridgehead atoms. The summed E-state index contributed by atoms with van der Waals surface area (Å²) in [5.41, 5.74) is -0.597. The molecule has 0 aliphatic heterocycles. The Morgan fingerprint density at radius 3 is 2.25 bits per heavy atom. The van der Waals surface area contributed by atoms with E-state index in [4.69, 9.17) is 4.74 Å². The fourth-order valence-electron chi connectivity index (χ4n) is 1.04. The molecular formula is C10H20N2O4. The summed E-state index contributed by atoms with van der Waals surface area (Å²) < 4.78 is 5.03. The molecule has 0 radical (unpaired) electrons. The van der Waals surface area contributed by atoms with E-state index < -0.39 is 22.7 Å². The van der Waals surface area contributed by atoms with Gasteiger partial charge < -0.3 is 10.1 Å². The first kappa shape index (κ1) is 14.7. The highest BCUT2D eigenvalue weighted by Crippen LogP contribution is 2.08. The normalized spacial score (nSPS) is 13.4. The first-order valence-electron chi connectivity index (χ1n) is 5.23. The second-order valence-electron chi connectivity index (χ2n) is 5.01. The highest BCUT2D eigenvalue weighted by molar-refractivity contribution is 5.68. The molecule has 0 aliphatic rings. The Morgan fingerprint density at radius 1 is 1.44 bits per heavy atom. The Labute approximate surface area is 95.5 Å². The third-order valence-corrected chi connectivity index (χ3v) is 1.85. The van der Waals surface area contributed by atoms with Gasteiger partial charge in [0.25, 0.3) is 0 Å². The van der Waals surface area contributed by atoms with Crippen molar-refractivity contribution in [3.63, 3.8) is 0 Å². The highest BCUT2D eigenvalue weighted by Gasteiger charge is 2.24. The number of amides is 1. The number of nitrogens with one attached hydrogen (secondary N) is 1. The minimum Gasteiger partial charge on any atom is -0.444 e. The van der Waals surface area contributed by atoms with E-state index in [1.807, 2.05) is 13.8 Å². The summed E-state index contributed by atoms with van der Waals surface area (Å²) in [4.78, 5) is 21.4. The summed E-state index contributed by atoms with van der Waals surface area (Å²) in [5.74, 6) is -0.0158. The third-order valence-electron chi connectivity index (χ3n) is 1.85. The summed E-state index contributed by atoms with van der Waals surface area (Å²) in [6.07, 6.45) is -0.618. The summed E-state index contributed by atoms with van der Waals surface area (Å²) in [7, 11) is 0. The molecule has 0 saturated carbocycles. The number of carbonyl (C=O) groups excluding carboxylic acids is 1. The zero-order chi connectivity index (χ0) is 12.9. The van der Waals surface area contributed by atoms with Crippen LogP contribution in [0, 0.1) is 16.0 Å². The molecule has 1 atom stereocenters. The number of carbonyl (C=O) groups is 1. The van der Waals surface area contributed by atoms with Gasteiger partial charge in [0.15, 0.2) is 0 Å². The van der Waals surface area contributed by atoms with Gasteiger partial charge in [0.05, 0.1) is 6.04 Å². The van der Waals surface area contributed by atoms with Crippen LogP contribution in [0.1, 0.15) is 34.6 Å². The molecule has 0 aromatic heterocycles. The smallest absolute Gasteiger partial charge is 0.408 e. The van der Waals surface area contributed by atoms with Crippen molar-refractivity contribution in [3.8, 4) is 0 Å². The van der Waals surface area contributed by atoms with Crippen molar-refractivity contribution in [2.75, 3.05) is 6.54 Å². The molecule has 0 aromatic rings. The number of nitro groups is 1. The van der Waals surface area contributed by atoms with Gasteiger partial charge in [-0.1, -0.05) is 13.8 Å². The molecule has 0 saturated heterocycles. The average Bonchev–Trinajstić information content (AvgIpc) is 1.97. The fourth-order valence-corrected chi connectivity index (χ4v) is 1.04. The van der Waals surface area contributed by atoms with E-state index in [0.29, 0.717) is 0 Å². The predicted octanol–water partition coefficient (Wildman–Crippen LogP) is 1.81. The lowest BCUT2D eigenvalue weighted by Crippen LogP contribution is -2.45. The summed E-state index contributed by atoms with van der Waals surface area (Å²) in [5, 5.41) is 12.9. The van der Waals surface area contributed by atoms with Gasteiger partial charge in [0.1, 0.15) is 5.60 Å². The van der Waals surface area contributed by atoms with Crippen LogP contribution in [0.25, 0.3) is 0 Å². The summed E-state index contributed by atoms with van der Waals surface area (Å²) in [6.45, 7) is 8.55. The molecule has 6 heteroatoms. The molecule has 1 N–H and O–H groups in total. The van der Waals surface area contributed by atoms with Crippen LogP contribution >= 0.6 is 0 Å². The van der Waals surface area contributed by atoms with Crippen LogP contribution in [0.5, 0.6) is 0 Å². The van der Waals surface area contributed by atoms with Gasteiger partial charge in [-0.05, 0) is 26.7 Å². The topological polar surface area (TPSA) is 81.5 Å². The maximum atomic E-state index is 11.4. The zero-order valence-corrected chi connectivity index (χ0v) is 10.4. The minimum absolute atomic E-state index is 0.0158. The van der Waals surface area contributed by atoms with Gasteiger partial charge in [-0.25, -0.2) is 4.79 Å². The third kappa shape index (κ3) is 7.03. The molecule has 6 nitrogen and oxygen atoms in total. The van der Waals surface area contributed by atoms with Crippen molar-refractivity contribution in [2.24, 2.45) is 5.92 Å². The Morgan fingerprint density at radius 2 is 1.94 bits per heavy atom. The van der Waals surface area contributed by atoms with Gasteiger partial charge >= 0.3 is 6.09 Å². The van der Waals surface area contributed by atoms with Crippen LogP contribution in [0.15, 0.2) is 0 Å². The second-order valence-corrected chi connectivity index (χ2v) is 5.01. The first-order chi connectivity index (χ1) is 7.11. The largest absolute Gasteiger partial charge is 0.444 e. The van der Waals surface area contributed by atoms with Gasteiger partial charge in [-0.3, -0.25) is 10.1 Å². The lowest BCUT2D eigenvalue weighted by molar-refractivity contribution is -0.484. The number of nitrogens with zero attached hydrogens (tertiary/aromatic N) is 1. The molecule has 0 rings (SSSR count). The lowest BCUT2D eigenvalue weighted by Gasteiger charge is -2.23. The first-order valence-corrected chi connectivity index (χ1v) is 5.23. The maximum Gasteiger partial charge on any atom is 0.408 e. The van der Waals surface area contributed by atoms with Crippen molar-refractivity contribution in [1.82, 2.24) is 5.32 Å². The second kappa shape index (κ2) is 5.67. The van der Waals surface area contributed by atoms with Crippen molar-refractivity contribution in [2.45, 2.75) is 46.3 Å². The maximum absolute atomic E-state index is 11.4. The van der Waals surface area contributed by atoms with E-state index in [0.717, 1.165) is 0 Å². The van der Waals surface area contributed by atoms with E-state index in [1.54, 1.807) is 20.8 Å². The van der Waals surface area contributed by atoms with E-state index in [9.17, 15) is 14.9 Å². The quantitative estimate of drug-likeness (QED) is 0.592. The molecule has 94 valence electrons. The van der Waals surface area contributed by atoms with Crippen LogP contribution in [-0.2, 0) is 4.74 Å². The van der Waals surface area contributed by atoms with Crippen LogP contribution in [0.2, 0.25) is 0 Å².